The zero-order chi connectivity index (χ0) is 38.4. The molecule has 1 aliphatic carbocycles. The SMILES string of the molecule is CNC(=O)OC(C)C(=O)NC(C(=O)N1Cc2cc(OCCOCCOCCOCCN)ccc2C[C@H]1C(=O)N[C@@H]1CCCc2ccccc21)C(C)(C)C. The van der Waals surface area contributed by atoms with E-state index in [1.807, 2.05) is 57.2 Å². The molecule has 4 rings (SSSR count). The molecule has 0 aromatic heterocycles. The number of alkyl carbamates (subject to hydrolysis) is 1. The van der Waals surface area contributed by atoms with Gasteiger partial charge in [-0.3, -0.25) is 14.4 Å². The summed E-state index contributed by atoms with van der Waals surface area (Å²) in [6.45, 7) is 10.5. The molecule has 0 spiro atoms. The van der Waals surface area contributed by atoms with Crippen LogP contribution in [-0.2, 0) is 52.7 Å². The molecule has 2 unspecified atom stereocenters. The van der Waals surface area contributed by atoms with Gasteiger partial charge in [0.15, 0.2) is 6.10 Å². The molecule has 53 heavy (non-hydrogen) atoms. The van der Waals surface area contributed by atoms with E-state index in [0.29, 0.717) is 58.5 Å². The van der Waals surface area contributed by atoms with Crippen LogP contribution in [0, 0.1) is 5.41 Å². The zero-order valence-electron chi connectivity index (χ0n) is 31.7. The third-order valence-corrected chi connectivity index (χ3v) is 9.34. The smallest absolute Gasteiger partial charge is 0.407 e. The van der Waals surface area contributed by atoms with Crippen LogP contribution in [0.3, 0.4) is 0 Å². The van der Waals surface area contributed by atoms with Gasteiger partial charge in [0.1, 0.15) is 24.4 Å². The maximum Gasteiger partial charge on any atom is 0.407 e. The molecule has 14 heteroatoms. The van der Waals surface area contributed by atoms with Gasteiger partial charge in [-0.2, -0.15) is 0 Å². The molecule has 1 aliphatic heterocycles. The van der Waals surface area contributed by atoms with E-state index in [4.69, 9.17) is 29.4 Å². The zero-order valence-corrected chi connectivity index (χ0v) is 31.7. The Bertz CT molecular complexity index is 1530. The molecular weight excluding hydrogens is 682 g/mol. The first kappa shape index (κ1) is 41.5. The molecule has 14 nitrogen and oxygen atoms in total. The molecule has 4 amide bonds. The molecule has 0 saturated heterocycles. The highest BCUT2D eigenvalue weighted by Gasteiger charge is 2.43. The number of hydrogen-bond donors (Lipinski definition) is 4. The lowest BCUT2D eigenvalue weighted by atomic mass is 9.83. The maximum atomic E-state index is 14.6. The van der Waals surface area contributed by atoms with E-state index in [1.165, 1.54) is 19.5 Å². The number of carbonyl (C=O) groups is 4. The summed E-state index contributed by atoms with van der Waals surface area (Å²) in [5, 5.41) is 8.39. The summed E-state index contributed by atoms with van der Waals surface area (Å²) < 4.78 is 27.5. The van der Waals surface area contributed by atoms with Gasteiger partial charge in [-0.1, -0.05) is 51.1 Å². The molecule has 2 aromatic carbocycles. The Balaban J connectivity index is 1.49. The van der Waals surface area contributed by atoms with Crippen molar-refractivity contribution in [3.05, 3.63) is 64.7 Å². The number of carbonyl (C=O) groups excluding carboxylic acids is 4. The number of nitrogens with zero attached hydrogens (tertiary/aromatic N) is 1. The highest BCUT2D eigenvalue weighted by molar-refractivity contribution is 5.94. The standard InChI is InChI=1S/C39H57N5O9/c1-26(53-38(48)41-5)35(45)43-34(39(2,3)4)37(47)44-25-29-23-30(52-22-21-51-20-19-50-18-17-49-16-15-40)14-13-28(29)24-33(44)36(46)42-32-12-8-10-27-9-6-7-11-31(27)32/h6-7,9,11,13-14,23,26,32-34H,8,10,12,15-22,24-25,40H2,1-5H3,(H,41,48)(H,42,46)(H,43,45)/t26?,32-,33+,34?/m1/s1. The fourth-order valence-electron chi connectivity index (χ4n) is 6.48. The summed E-state index contributed by atoms with van der Waals surface area (Å²) in [5.74, 6) is -0.693. The quantitative estimate of drug-likeness (QED) is 0.166. The number of fused-ring (bicyclic) bond motifs is 2. The Kier molecular flexibility index (Phi) is 15.9. The topological polar surface area (TPSA) is 180 Å². The Morgan fingerprint density at radius 1 is 0.906 bits per heavy atom. The molecule has 0 radical (unpaired) electrons. The molecule has 292 valence electrons. The predicted octanol–water partition coefficient (Wildman–Crippen LogP) is 2.80. The molecule has 4 atom stereocenters. The lowest BCUT2D eigenvalue weighted by molar-refractivity contribution is -0.148. The van der Waals surface area contributed by atoms with Gasteiger partial charge in [0.25, 0.3) is 5.91 Å². The second-order valence-corrected chi connectivity index (χ2v) is 14.3. The van der Waals surface area contributed by atoms with E-state index < -0.39 is 41.5 Å². The third-order valence-electron chi connectivity index (χ3n) is 9.34. The molecule has 2 aromatic rings. The summed E-state index contributed by atoms with van der Waals surface area (Å²) in [5.41, 5.74) is 8.72. The van der Waals surface area contributed by atoms with Crippen molar-refractivity contribution < 1.29 is 42.9 Å². The van der Waals surface area contributed by atoms with E-state index in [2.05, 4.69) is 22.0 Å². The fraction of sp³-hybridized carbons (Fsp3) is 0.590. The van der Waals surface area contributed by atoms with Gasteiger partial charge < -0.3 is 50.3 Å². The van der Waals surface area contributed by atoms with Crippen LogP contribution in [0.25, 0.3) is 0 Å². The van der Waals surface area contributed by atoms with E-state index in [0.717, 1.165) is 36.0 Å². The van der Waals surface area contributed by atoms with Crippen LogP contribution in [0.15, 0.2) is 42.5 Å². The van der Waals surface area contributed by atoms with Crippen molar-refractivity contribution in [2.75, 3.05) is 59.8 Å². The van der Waals surface area contributed by atoms with Gasteiger partial charge in [-0.05, 0) is 66.0 Å². The maximum absolute atomic E-state index is 14.6. The van der Waals surface area contributed by atoms with Crippen LogP contribution < -0.4 is 26.4 Å². The first-order valence-electron chi connectivity index (χ1n) is 18.5. The molecule has 2 aliphatic rings. The fourth-order valence-corrected chi connectivity index (χ4v) is 6.48. The van der Waals surface area contributed by atoms with E-state index >= 15 is 0 Å². The predicted molar refractivity (Wildman–Crippen MR) is 198 cm³/mol. The molecular formula is C39H57N5O9. The Labute approximate surface area is 312 Å². The Morgan fingerprint density at radius 2 is 1.58 bits per heavy atom. The number of amides is 4. The molecule has 0 saturated carbocycles. The van der Waals surface area contributed by atoms with Gasteiger partial charge in [0.05, 0.1) is 45.7 Å². The van der Waals surface area contributed by atoms with Crippen LogP contribution in [0.1, 0.15) is 68.8 Å². The number of nitrogens with two attached hydrogens (primary N) is 1. The molecule has 0 bridgehead atoms. The highest BCUT2D eigenvalue weighted by atomic mass is 16.6. The minimum absolute atomic E-state index is 0.125. The van der Waals surface area contributed by atoms with Gasteiger partial charge in [0.2, 0.25) is 11.8 Å². The van der Waals surface area contributed by atoms with E-state index in [1.54, 1.807) is 4.90 Å². The van der Waals surface area contributed by atoms with Gasteiger partial charge in [0, 0.05) is 26.6 Å². The second-order valence-electron chi connectivity index (χ2n) is 14.3. The Morgan fingerprint density at radius 3 is 2.26 bits per heavy atom. The number of hydrogen-bond acceptors (Lipinski definition) is 10. The molecule has 5 N–H and O–H groups in total. The number of rotatable bonds is 18. The summed E-state index contributed by atoms with van der Waals surface area (Å²) in [6.07, 6.45) is 1.06. The van der Waals surface area contributed by atoms with Crippen molar-refractivity contribution in [1.82, 2.24) is 20.9 Å². The summed E-state index contributed by atoms with van der Waals surface area (Å²) in [4.78, 5) is 55.4. The third kappa shape index (κ3) is 12.1. The first-order chi connectivity index (χ1) is 25.4. The van der Waals surface area contributed by atoms with Gasteiger partial charge in [-0.15, -0.1) is 0 Å². The van der Waals surface area contributed by atoms with Crippen LogP contribution in [0.5, 0.6) is 5.75 Å². The van der Waals surface area contributed by atoms with Crippen LogP contribution in [-0.4, -0.2) is 107 Å². The molecule has 0 fully saturated rings. The van der Waals surface area contributed by atoms with Crippen LogP contribution in [0.4, 0.5) is 4.79 Å². The summed E-state index contributed by atoms with van der Waals surface area (Å²) in [6, 6.07) is 11.8. The van der Waals surface area contributed by atoms with Crippen molar-refractivity contribution >= 4 is 23.8 Å². The Hall–Kier alpha value is -4.24. The van der Waals surface area contributed by atoms with Crippen LogP contribution in [0.2, 0.25) is 0 Å². The number of aryl methyl sites for hydroxylation is 1. The van der Waals surface area contributed by atoms with Gasteiger partial charge in [-0.25, -0.2) is 4.79 Å². The minimum Gasteiger partial charge on any atom is -0.491 e. The molecule has 1 heterocycles. The van der Waals surface area contributed by atoms with Crippen molar-refractivity contribution in [1.29, 1.82) is 0 Å². The van der Waals surface area contributed by atoms with Crippen molar-refractivity contribution in [3.63, 3.8) is 0 Å². The van der Waals surface area contributed by atoms with Gasteiger partial charge >= 0.3 is 6.09 Å². The number of benzene rings is 2. The van der Waals surface area contributed by atoms with Crippen molar-refractivity contribution in [2.45, 2.75) is 84.2 Å². The summed E-state index contributed by atoms with van der Waals surface area (Å²) >= 11 is 0. The minimum atomic E-state index is -1.16. The van der Waals surface area contributed by atoms with E-state index in [9.17, 15) is 19.2 Å². The van der Waals surface area contributed by atoms with E-state index in [-0.39, 0.29) is 24.9 Å². The lowest BCUT2D eigenvalue weighted by Crippen LogP contribution is -2.61. The normalized spacial score (nSPS) is 17.8. The largest absolute Gasteiger partial charge is 0.491 e. The summed E-state index contributed by atoms with van der Waals surface area (Å²) in [7, 11) is 1.39. The lowest BCUT2D eigenvalue weighted by Gasteiger charge is -2.41. The van der Waals surface area contributed by atoms with Crippen molar-refractivity contribution in [3.8, 4) is 5.75 Å². The average Bonchev–Trinajstić information content (AvgIpc) is 3.14. The number of ether oxygens (including phenoxy) is 5. The number of nitrogens with one attached hydrogen (secondary N) is 3. The van der Waals surface area contributed by atoms with Crippen LogP contribution >= 0.6 is 0 Å². The first-order valence-corrected chi connectivity index (χ1v) is 18.5. The highest BCUT2D eigenvalue weighted by Crippen LogP contribution is 2.33. The average molecular weight is 740 g/mol. The second kappa shape index (κ2) is 20.3. The van der Waals surface area contributed by atoms with Crippen molar-refractivity contribution in [2.24, 2.45) is 11.1 Å². The monoisotopic (exact) mass is 739 g/mol.